The Morgan fingerprint density at radius 2 is 1.74 bits per heavy atom. The zero-order chi connectivity index (χ0) is 41.7. The minimum atomic E-state index is -4.68. The number of hydrogen-bond acceptors (Lipinski definition) is 10. The summed E-state index contributed by atoms with van der Waals surface area (Å²) in [4.78, 5) is 37.0. The summed E-state index contributed by atoms with van der Waals surface area (Å²) in [6.45, 7) is -2.13. The topological polar surface area (TPSA) is 168 Å². The highest BCUT2D eigenvalue weighted by molar-refractivity contribution is 7.90. The number of sulfone groups is 1. The van der Waals surface area contributed by atoms with Gasteiger partial charge in [0, 0.05) is 18.0 Å². The average molecular weight is 847 g/mol. The molecule has 0 saturated heterocycles. The summed E-state index contributed by atoms with van der Waals surface area (Å²) >= 11 is 6.40. The van der Waals surface area contributed by atoms with Crippen molar-refractivity contribution in [1.29, 1.82) is 0 Å². The van der Waals surface area contributed by atoms with Crippen LogP contribution in [0.4, 0.5) is 30.7 Å². The van der Waals surface area contributed by atoms with Gasteiger partial charge in [-0.2, -0.15) is 32.1 Å². The molecule has 4 aromatic rings. The Morgan fingerprint density at radius 3 is 2.32 bits per heavy atom. The third kappa shape index (κ3) is 8.48. The molecule has 1 saturated carbocycles. The molecule has 2 aromatic carbocycles. The Balaban J connectivity index is 1.42. The van der Waals surface area contributed by atoms with Gasteiger partial charge in [0.1, 0.15) is 22.8 Å². The number of nitrogens with zero attached hydrogens (tertiary/aromatic N) is 7. The molecule has 0 bridgehead atoms. The molecular weight excluding hydrogens is 813 g/mol. The first-order valence-corrected chi connectivity index (χ1v) is 19.6. The third-order valence-electron chi connectivity index (χ3n) is 9.86. The smallest absolute Gasteiger partial charge is 0.395 e. The summed E-state index contributed by atoms with van der Waals surface area (Å²) in [5, 5.41) is 7.37. The maximum atomic E-state index is 15.0. The number of esters is 1. The molecule has 2 N–H and O–H groups in total. The quantitative estimate of drug-likeness (QED) is 0.103. The van der Waals surface area contributed by atoms with E-state index in [1.807, 2.05) is 0 Å². The summed E-state index contributed by atoms with van der Waals surface area (Å²) in [6, 6.07) is 8.34. The maximum Gasteiger partial charge on any atom is 0.395 e. The monoisotopic (exact) mass is 846 g/mol. The second-order valence-electron chi connectivity index (χ2n) is 14.2. The normalized spacial score (nSPS) is 19.3. The van der Waals surface area contributed by atoms with Gasteiger partial charge >= 0.3 is 18.7 Å². The van der Waals surface area contributed by atoms with Crippen LogP contribution in [0.2, 0.25) is 5.02 Å². The first-order chi connectivity index (χ1) is 26.6. The molecule has 1 fully saturated rings. The highest BCUT2D eigenvalue weighted by Crippen LogP contribution is 2.60. The van der Waals surface area contributed by atoms with Gasteiger partial charge < -0.3 is 10.5 Å². The van der Waals surface area contributed by atoms with Crippen LogP contribution in [0.15, 0.2) is 66.2 Å². The van der Waals surface area contributed by atoms with Gasteiger partial charge in [0.25, 0.3) is 12.3 Å². The fourth-order valence-electron chi connectivity index (χ4n) is 6.97. The van der Waals surface area contributed by atoms with Crippen molar-refractivity contribution in [1.82, 2.24) is 29.4 Å². The SMILES string of the molecule is CC(C[C@]1(c2ccc(-c3cnn(C(F)F)c3)cc2)N=C(N)N([C@H](COC(=O)CC2(C(F)(F)F)CC2)c2ccc(Cl)c(-n3ncnc3C(F)F)c2)C1=O)CS(C)(=O)=O. The number of benzene rings is 2. The molecule has 1 amide bonds. The van der Waals surface area contributed by atoms with Crippen LogP contribution in [-0.2, 0) is 29.7 Å². The summed E-state index contributed by atoms with van der Waals surface area (Å²) in [6.07, 6.45) is -5.42. The van der Waals surface area contributed by atoms with Crippen LogP contribution >= 0.6 is 11.6 Å². The number of guanidine groups is 1. The highest BCUT2D eigenvalue weighted by Gasteiger charge is 2.64. The largest absolute Gasteiger partial charge is 0.463 e. The maximum absolute atomic E-state index is 15.0. The van der Waals surface area contributed by atoms with Crippen molar-refractivity contribution in [3.63, 3.8) is 0 Å². The lowest BCUT2D eigenvalue weighted by molar-refractivity contribution is -0.195. The first-order valence-electron chi connectivity index (χ1n) is 17.1. The molecule has 0 spiro atoms. The minimum Gasteiger partial charge on any atom is -0.463 e. The average Bonchev–Trinajstić information content (AvgIpc) is 3.43. The summed E-state index contributed by atoms with van der Waals surface area (Å²) in [5.41, 5.74) is 3.12. The minimum absolute atomic E-state index is 0.0488. The molecular formula is C35H34ClF7N8O5S. The van der Waals surface area contributed by atoms with E-state index in [4.69, 9.17) is 22.1 Å². The van der Waals surface area contributed by atoms with E-state index >= 15 is 0 Å². The summed E-state index contributed by atoms with van der Waals surface area (Å²) < 4.78 is 127. The Morgan fingerprint density at radius 1 is 1.05 bits per heavy atom. The van der Waals surface area contributed by atoms with E-state index < -0.39 is 88.6 Å². The molecule has 3 atom stereocenters. The van der Waals surface area contributed by atoms with Crippen LogP contribution < -0.4 is 5.73 Å². The third-order valence-corrected chi connectivity index (χ3v) is 11.4. The van der Waals surface area contributed by atoms with Crippen molar-refractivity contribution in [3.05, 3.63) is 83.2 Å². The van der Waals surface area contributed by atoms with E-state index in [1.165, 1.54) is 48.7 Å². The van der Waals surface area contributed by atoms with Gasteiger partial charge in [-0.1, -0.05) is 48.9 Å². The zero-order valence-electron chi connectivity index (χ0n) is 30.0. The number of rotatable bonds is 15. The Kier molecular flexibility index (Phi) is 11.2. The Hall–Kier alpha value is -5.05. The van der Waals surface area contributed by atoms with Gasteiger partial charge in [-0.05, 0) is 54.0 Å². The number of aromatic nitrogens is 5. The molecule has 6 rings (SSSR count). The molecule has 13 nitrogen and oxygen atoms in total. The Bertz CT molecular complexity index is 2300. The molecule has 22 heteroatoms. The number of carbonyl (C=O) groups is 2. The van der Waals surface area contributed by atoms with E-state index in [-0.39, 0.29) is 46.9 Å². The van der Waals surface area contributed by atoms with Crippen molar-refractivity contribution in [2.45, 2.75) is 63.3 Å². The summed E-state index contributed by atoms with van der Waals surface area (Å²) in [5.74, 6) is -4.47. The first kappa shape index (κ1) is 41.6. The number of alkyl halides is 7. The van der Waals surface area contributed by atoms with E-state index in [2.05, 4.69) is 20.2 Å². The van der Waals surface area contributed by atoms with Crippen LogP contribution in [0.5, 0.6) is 0 Å². The van der Waals surface area contributed by atoms with E-state index in [0.717, 1.165) is 28.4 Å². The fourth-order valence-corrected chi connectivity index (χ4v) is 8.32. The van der Waals surface area contributed by atoms with Gasteiger partial charge in [-0.3, -0.25) is 14.5 Å². The van der Waals surface area contributed by atoms with Crippen molar-refractivity contribution in [2.24, 2.45) is 22.1 Å². The lowest BCUT2D eigenvalue weighted by Crippen LogP contribution is -2.47. The van der Waals surface area contributed by atoms with Gasteiger partial charge in [0.05, 0.1) is 40.5 Å². The standard InChI is InChI=1S/C35H34ClF7N8O5S/c1-19(17-57(2,54)55)12-34(23-6-3-20(4-7-23)22-14-46-49(15-22)31(39)40)30(53)50(32(44)48-34)26(16-56-27(52)13-33(9-10-33)35(41,42)43)21-5-8-24(36)25(11-21)51-29(28(37)38)45-18-47-51/h3-8,11,14-15,18-19,26,28,31H,9-10,12-13,16-17H2,1-2H3,(H2,44,48)/t19?,26-,34-/m1/s1. The van der Waals surface area contributed by atoms with Gasteiger partial charge in [0.2, 0.25) is 0 Å². The molecule has 1 aliphatic carbocycles. The van der Waals surface area contributed by atoms with Gasteiger partial charge in [0.15, 0.2) is 17.3 Å². The molecule has 1 aliphatic heterocycles. The van der Waals surface area contributed by atoms with E-state index in [1.54, 1.807) is 6.92 Å². The number of aliphatic imine (C=N–C) groups is 1. The zero-order valence-corrected chi connectivity index (χ0v) is 31.6. The summed E-state index contributed by atoms with van der Waals surface area (Å²) in [7, 11) is -3.60. The molecule has 0 radical (unpaired) electrons. The van der Waals surface area contributed by atoms with Crippen LogP contribution in [0.3, 0.4) is 0 Å². The number of amides is 1. The van der Waals surface area contributed by atoms with Crippen molar-refractivity contribution in [2.75, 3.05) is 18.6 Å². The van der Waals surface area contributed by atoms with Crippen molar-refractivity contribution < 1.29 is 53.5 Å². The van der Waals surface area contributed by atoms with Crippen molar-refractivity contribution >= 4 is 39.3 Å². The second-order valence-corrected chi connectivity index (χ2v) is 16.8. The molecule has 2 aromatic heterocycles. The fraction of sp³-hybridized carbons (Fsp3) is 0.429. The lowest BCUT2D eigenvalue weighted by Gasteiger charge is -2.33. The number of carbonyl (C=O) groups excluding carboxylic acids is 2. The predicted octanol–water partition coefficient (Wildman–Crippen LogP) is 6.56. The van der Waals surface area contributed by atoms with Gasteiger partial charge in [-0.25, -0.2) is 36.5 Å². The van der Waals surface area contributed by atoms with Crippen LogP contribution in [0.1, 0.15) is 68.6 Å². The second kappa shape index (κ2) is 15.4. The number of ether oxygens (including phenoxy) is 1. The predicted molar refractivity (Wildman–Crippen MR) is 190 cm³/mol. The number of nitrogens with two attached hydrogens (primary N) is 1. The number of hydrogen-bond donors (Lipinski definition) is 1. The van der Waals surface area contributed by atoms with Crippen LogP contribution in [0.25, 0.3) is 16.8 Å². The lowest BCUT2D eigenvalue weighted by atomic mass is 9.81. The highest BCUT2D eigenvalue weighted by atomic mass is 35.5. The van der Waals surface area contributed by atoms with Crippen LogP contribution in [0, 0.1) is 11.3 Å². The molecule has 1 unspecified atom stereocenters. The number of halogens is 8. The molecule has 306 valence electrons. The van der Waals surface area contributed by atoms with E-state index in [9.17, 15) is 48.7 Å². The molecule has 3 heterocycles. The van der Waals surface area contributed by atoms with E-state index in [0.29, 0.717) is 15.8 Å². The van der Waals surface area contributed by atoms with Crippen molar-refractivity contribution in [3.8, 4) is 16.8 Å². The molecule has 57 heavy (non-hydrogen) atoms. The van der Waals surface area contributed by atoms with Gasteiger partial charge in [-0.15, -0.1) is 0 Å². The Labute approximate surface area is 325 Å². The van der Waals surface area contributed by atoms with Crippen LogP contribution in [-0.4, -0.2) is 80.5 Å². The molecule has 2 aliphatic rings.